The number of nitrogens with two attached hydrogens (primary N) is 1. The Labute approximate surface area is 417 Å². The molecule has 1 fully saturated rings. The van der Waals surface area contributed by atoms with Gasteiger partial charge in [-0.3, -0.25) is 18.7 Å². The number of aromatic nitrogens is 2. The van der Waals surface area contributed by atoms with E-state index < -0.39 is 75.7 Å². The molecule has 0 aromatic carbocycles. The molecule has 0 saturated carbocycles. The maximum Gasteiger partial charge on any atom is 1.00 e. The number of phosphoric acid groups is 1. The Bertz CT molecular complexity index is 1640. The molecule has 1 aromatic rings. The van der Waals surface area contributed by atoms with Gasteiger partial charge in [0.05, 0.1) is 19.3 Å². The Balaban J connectivity index is 0.0000218. The van der Waals surface area contributed by atoms with Crippen molar-refractivity contribution in [2.45, 2.75) is 218 Å². The third-order valence-electron chi connectivity index (χ3n) is 11.5. The fourth-order valence-corrected chi connectivity index (χ4v) is 8.31. The van der Waals surface area contributed by atoms with Crippen molar-refractivity contribution >= 4 is 25.6 Å². The molecular weight excluding hydrogens is 875 g/mol. The second-order valence-corrected chi connectivity index (χ2v) is 18.7. The summed E-state index contributed by atoms with van der Waals surface area (Å²) in [6, 6.07) is 3.18. The van der Waals surface area contributed by atoms with Gasteiger partial charge in [0.25, 0.3) is 7.82 Å². The van der Waals surface area contributed by atoms with Crippen LogP contribution in [0.15, 0.2) is 41.4 Å². The normalized spacial score (nSPS) is 18.5. The summed E-state index contributed by atoms with van der Waals surface area (Å²) in [6.07, 6.45) is 34.4. The molecule has 6 atom stereocenters. The Hall–Kier alpha value is -2.38. The van der Waals surface area contributed by atoms with Gasteiger partial charge in [-0.1, -0.05) is 141 Å². The number of hydrogen-bond donors (Lipinski definition) is 2. The molecule has 0 amide bonds. The smallest absolute Gasteiger partial charge is 0.756 e. The Morgan fingerprint density at radius 2 is 1.27 bits per heavy atom. The monoisotopic (exact) mass is 957 g/mol. The number of carbonyl (C=O) groups excluding carboxylic acids is 2. The molecule has 0 spiro atoms. The van der Waals surface area contributed by atoms with Crippen molar-refractivity contribution in [3.63, 3.8) is 0 Å². The van der Waals surface area contributed by atoms with Crippen LogP contribution in [0.3, 0.4) is 0 Å². The van der Waals surface area contributed by atoms with Crippen molar-refractivity contribution in [1.29, 1.82) is 5.26 Å². The van der Waals surface area contributed by atoms with Crippen molar-refractivity contribution in [3.05, 3.63) is 47.1 Å². The van der Waals surface area contributed by atoms with Crippen LogP contribution in [-0.2, 0) is 37.4 Å². The predicted octanol–water partition coefficient (Wildman–Crippen LogP) is 7.26. The zero-order valence-electron chi connectivity index (χ0n) is 40.7. The summed E-state index contributed by atoms with van der Waals surface area (Å²) in [4.78, 5) is 54.3. The van der Waals surface area contributed by atoms with Gasteiger partial charge in [-0.2, -0.15) is 10.2 Å². The topological polar surface area (TPSA) is 225 Å². The number of aliphatic hydroxyl groups excluding tert-OH is 1. The van der Waals surface area contributed by atoms with Crippen molar-refractivity contribution in [1.82, 2.24) is 9.55 Å². The average molecular weight is 957 g/mol. The Morgan fingerprint density at radius 1 is 0.803 bits per heavy atom. The number of rotatable bonds is 40. The predicted molar refractivity (Wildman–Crippen MR) is 251 cm³/mol. The first-order valence-corrected chi connectivity index (χ1v) is 26.3. The van der Waals surface area contributed by atoms with Gasteiger partial charge in [-0.15, -0.1) is 0 Å². The standard InChI is InChI=1S/C49H83N4O11P.Na/c1-3-5-7-9-11-13-15-17-19-21-23-25-27-29-31-33-45(54)60-38-41(63-46(55)34-32-30-28-26-24-22-20-18-16-14-12-10-8-6-4-2)39-61-65(58,59)62-40-43-47(56)42(37-50)48(64-43)53-36-35-44(51)52-49(53)57;/h17-20,35-36,41-43,47-48,56H,3-16,21-34,38-40H2,1-2H3,(H,58,59)(H2,51,52,57);/q;+1/p-1/b19-17-,20-18-;/t41?,42-,43+,47-,48+;/m0./s1. The molecule has 0 radical (unpaired) electrons. The number of nitriles is 1. The van der Waals surface area contributed by atoms with Crippen LogP contribution >= 0.6 is 7.82 Å². The molecule has 1 saturated heterocycles. The van der Waals surface area contributed by atoms with E-state index in [2.05, 4.69) is 43.1 Å². The summed E-state index contributed by atoms with van der Waals surface area (Å²) in [7, 11) is -5.11. The maximum atomic E-state index is 12.9. The van der Waals surface area contributed by atoms with E-state index in [4.69, 9.17) is 29.0 Å². The maximum absolute atomic E-state index is 12.9. The largest absolute Gasteiger partial charge is 1.00 e. The first kappa shape index (κ1) is 61.6. The minimum Gasteiger partial charge on any atom is -0.756 e. The van der Waals surface area contributed by atoms with Crippen LogP contribution in [0.2, 0.25) is 0 Å². The average Bonchev–Trinajstić information content (AvgIpc) is 3.60. The summed E-state index contributed by atoms with van der Waals surface area (Å²) in [6.45, 7) is 2.61. The Morgan fingerprint density at radius 3 is 1.76 bits per heavy atom. The minimum absolute atomic E-state index is 0. The van der Waals surface area contributed by atoms with Crippen molar-refractivity contribution in [2.24, 2.45) is 5.92 Å². The van der Waals surface area contributed by atoms with Crippen LogP contribution < -0.4 is 45.9 Å². The number of phosphoric ester groups is 1. The fraction of sp³-hybridized carbons (Fsp3) is 0.776. The third kappa shape index (κ3) is 29.5. The quantitative estimate of drug-likeness (QED) is 0.0217. The molecule has 0 aliphatic carbocycles. The van der Waals surface area contributed by atoms with E-state index >= 15 is 0 Å². The molecule has 1 aliphatic heterocycles. The zero-order valence-corrected chi connectivity index (χ0v) is 43.6. The second kappa shape index (κ2) is 39.5. The Kier molecular flexibility index (Phi) is 36.9. The van der Waals surface area contributed by atoms with E-state index in [9.17, 15) is 34.2 Å². The number of allylic oxidation sites excluding steroid dienone is 4. The summed E-state index contributed by atoms with van der Waals surface area (Å²) < 4.78 is 40.5. The first-order chi connectivity index (χ1) is 31.5. The SMILES string of the molecule is CCCCCCCC/C=C\CCCCCCCC(=O)OCC(COP(=O)([O-])OC[C@H]1O[C@@H](n2ccc(N)nc2=O)[C@@H](C#N)[C@@H]1O)OC(=O)CCCCCCC/C=C\CCCCCCCC.[Na+]. The molecule has 17 heteroatoms. The summed E-state index contributed by atoms with van der Waals surface area (Å²) >= 11 is 0. The van der Waals surface area contributed by atoms with Gasteiger partial charge >= 0.3 is 47.2 Å². The van der Waals surface area contributed by atoms with Crippen LogP contribution in [0.5, 0.6) is 0 Å². The van der Waals surface area contributed by atoms with Gasteiger partial charge < -0.3 is 39.0 Å². The van der Waals surface area contributed by atoms with E-state index in [0.717, 1.165) is 81.6 Å². The second-order valence-electron chi connectivity index (χ2n) is 17.3. The number of anilines is 1. The molecule has 0 bridgehead atoms. The molecular formula is C49H82N4NaO11P. The summed E-state index contributed by atoms with van der Waals surface area (Å²) in [5.74, 6) is -2.38. The van der Waals surface area contributed by atoms with E-state index in [1.54, 1.807) is 0 Å². The van der Waals surface area contributed by atoms with Crippen LogP contribution in [0.25, 0.3) is 0 Å². The van der Waals surface area contributed by atoms with Gasteiger partial charge in [0.15, 0.2) is 12.3 Å². The van der Waals surface area contributed by atoms with Crippen molar-refractivity contribution in [2.75, 3.05) is 25.6 Å². The van der Waals surface area contributed by atoms with Crippen LogP contribution in [-0.4, -0.2) is 64.7 Å². The molecule has 15 nitrogen and oxygen atoms in total. The number of nitrogens with zero attached hydrogens (tertiary/aromatic N) is 3. The number of aliphatic hydroxyl groups is 1. The molecule has 2 unspecified atom stereocenters. The fourth-order valence-electron chi connectivity index (χ4n) is 7.56. The first-order valence-electron chi connectivity index (χ1n) is 24.8. The molecule has 3 N–H and O–H groups in total. The molecule has 1 aliphatic rings. The van der Waals surface area contributed by atoms with Gasteiger partial charge in [-0.25, -0.2) is 4.79 Å². The van der Waals surface area contributed by atoms with Crippen LogP contribution in [0.4, 0.5) is 5.82 Å². The van der Waals surface area contributed by atoms with E-state index in [0.29, 0.717) is 12.8 Å². The van der Waals surface area contributed by atoms with E-state index in [1.807, 2.05) is 6.07 Å². The molecule has 66 heavy (non-hydrogen) atoms. The number of hydrogen-bond acceptors (Lipinski definition) is 14. The van der Waals surface area contributed by atoms with Gasteiger partial charge in [0, 0.05) is 19.0 Å². The number of ether oxygens (including phenoxy) is 3. The van der Waals surface area contributed by atoms with Gasteiger partial charge in [0.2, 0.25) is 0 Å². The third-order valence-corrected chi connectivity index (χ3v) is 12.4. The molecule has 370 valence electrons. The van der Waals surface area contributed by atoms with E-state index in [-0.39, 0.29) is 48.2 Å². The number of carbonyl (C=O) groups is 2. The molecule has 2 heterocycles. The van der Waals surface area contributed by atoms with Gasteiger partial charge in [-0.05, 0) is 70.3 Å². The summed E-state index contributed by atoms with van der Waals surface area (Å²) in [5.41, 5.74) is 4.73. The number of unbranched alkanes of at least 4 members (excludes halogenated alkanes) is 22. The van der Waals surface area contributed by atoms with Gasteiger partial charge in [0.1, 0.15) is 30.6 Å². The molecule has 2 rings (SSSR count). The summed E-state index contributed by atoms with van der Waals surface area (Å²) in [5, 5.41) is 20.4. The zero-order chi connectivity index (χ0) is 47.4. The minimum atomic E-state index is -5.11. The van der Waals surface area contributed by atoms with Crippen molar-refractivity contribution < 1.29 is 77.0 Å². The number of esters is 2. The number of nitrogen functional groups attached to an aromatic ring is 1. The van der Waals surface area contributed by atoms with Crippen molar-refractivity contribution in [3.8, 4) is 6.07 Å². The molecule has 1 aromatic heterocycles. The van der Waals surface area contributed by atoms with E-state index in [1.165, 1.54) is 89.3 Å². The van der Waals surface area contributed by atoms with Crippen LogP contribution in [0, 0.1) is 17.2 Å². The van der Waals surface area contributed by atoms with Crippen LogP contribution in [0.1, 0.15) is 200 Å².